The molecule has 0 spiro atoms. The van der Waals surface area contributed by atoms with Crippen LogP contribution in [0.5, 0.6) is 0 Å². The smallest absolute Gasteiger partial charge is 0.135 e. The molecule has 0 aliphatic heterocycles. The van der Waals surface area contributed by atoms with Crippen LogP contribution in [0.1, 0.15) is 11.3 Å². The van der Waals surface area contributed by atoms with E-state index in [4.69, 9.17) is 39.2 Å². The lowest BCUT2D eigenvalue weighted by Crippen LogP contribution is -1.98. The summed E-state index contributed by atoms with van der Waals surface area (Å²) in [5, 5.41) is 5.24. The van der Waals surface area contributed by atoms with Gasteiger partial charge in [-0.3, -0.25) is 0 Å². The molecule has 0 saturated heterocycles. The number of halogens is 3. The first-order valence-electron chi connectivity index (χ1n) is 7.07. The summed E-state index contributed by atoms with van der Waals surface area (Å²) in [5.74, 6) is 1.49. The second-order valence-electron chi connectivity index (χ2n) is 5.21. The summed E-state index contributed by atoms with van der Waals surface area (Å²) in [5.41, 5.74) is 2.77. The molecule has 1 heterocycles. The van der Waals surface area contributed by atoms with Gasteiger partial charge in [-0.2, -0.15) is 0 Å². The van der Waals surface area contributed by atoms with Crippen molar-refractivity contribution < 1.29 is 4.42 Å². The molecule has 1 N–H and O–H groups in total. The molecule has 3 aromatic rings. The highest BCUT2D eigenvalue weighted by Crippen LogP contribution is 2.32. The number of anilines is 1. The van der Waals surface area contributed by atoms with Gasteiger partial charge in [0.05, 0.1) is 11.6 Å². The van der Waals surface area contributed by atoms with Gasteiger partial charge >= 0.3 is 0 Å². The molecule has 0 aliphatic carbocycles. The number of furan rings is 1. The lowest BCUT2D eigenvalue weighted by Gasteiger charge is -2.06. The Labute approximate surface area is 150 Å². The molecule has 3 rings (SSSR count). The maximum atomic E-state index is 6.20. The van der Waals surface area contributed by atoms with Gasteiger partial charge in [0.15, 0.2) is 0 Å². The Kier molecular flexibility index (Phi) is 4.86. The summed E-state index contributed by atoms with van der Waals surface area (Å²) in [6, 6.07) is 15.0. The van der Waals surface area contributed by atoms with E-state index in [-0.39, 0.29) is 0 Å². The van der Waals surface area contributed by atoms with Gasteiger partial charge in [-0.15, -0.1) is 0 Å². The van der Waals surface area contributed by atoms with Crippen LogP contribution in [-0.4, -0.2) is 0 Å². The van der Waals surface area contributed by atoms with E-state index in [1.807, 2.05) is 37.3 Å². The van der Waals surface area contributed by atoms with Crippen LogP contribution in [-0.2, 0) is 6.54 Å². The summed E-state index contributed by atoms with van der Waals surface area (Å²) in [6.07, 6.45) is 0. The Morgan fingerprint density at radius 3 is 2.52 bits per heavy atom. The molecule has 2 nitrogen and oxygen atoms in total. The molecule has 0 bridgehead atoms. The fourth-order valence-electron chi connectivity index (χ4n) is 2.20. The second-order valence-corrected chi connectivity index (χ2v) is 6.46. The maximum absolute atomic E-state index is 6.20. The summed E-state index contributed by atoms with van der Waals surface area (Å²) < 4.78 is 5.84. The fraction of sp³-hybridized carbons (Fsp3) is 0.111. The van der Waals surface area contributed by atoms with E-state index < -0.39 is 0 Å². The largest absolute Gasteiger partial charge is 0.459 e. The molecule has 0 unspecified atom stereocenters. The molecule has 5 heteroatoms. The van der Waals surface area contributed by atoms with Crippen molar-refractivity contribution in [1.29, 1.82) is 0 Å². The van der Waals surface area contributed by atoms with Gasteiger partial charge in [0.25, 0.3) is 0 Å². The van der Waals surface area contributed by atoms with E-state index >= 15 is 0 Å². The third kappa shape index (κ3) is 3.84. The first-order chi connectivity index (χ1) is 11.0. The zero-order valence-electron chi connectivity index (χ0n) is 12.4. The van der Waals surface area contributed by atoms with Crippen molar-refractivity contribution in [2.75, 3.05) is 5.32 Å². The number of benzene rings is 2. The summed E-state index contributed by atoms with van der Waals surface area (Å²) in [6.45, 7) is 2.53. The van der Waals surface area contributed by atoms with Gasteiger partial charge in [0.2, 0.25) is 0 Å². The predicted molar refractivity (Wildman–Crippen MR) is 97.7 cm³/mol. The van der Waals surface area contributed by atoms with E-state index in [9.17, 15) is 0 Å². The highest BCUT2D eigenvalue weighted by Gasteiger charge is 2.09. The quantitative estimate of drug-likeness (QED) is 0.547. The van der Waals surface area contributed by atoms with Gasteiger partial charge in [-0.25, -0.2) is 0 Å². The molecular formula is C18H14Cl3NO. The molecule has 2 aromatic carbocycles. The first kappa shape index (κ1) is 16.3. The highest BCUT2D eigenvalue weighted by molar-refractivity contribution is 6.35. The van der Waals surface area contributed by atoms with E-state index in [1.165, 1.54) is 0 Å². The van der Waals surface area contributed by atoms with E-state index in [0.717, 1.165) is 27.6 Å². The van der Waals surface area contributed by atoms with Crippen LogP contribution in [0.25, 0.3) is 11.3 Å². The summed E-state index contributed by atoms with van der Waals surface area (Å²) >= 11 is 18.3. The van der Waals surface area contributed by atoms with E-state index in [2.05, 4.69) is 5.32 Å². The number of aryl methyl sites for hydroxylation is 1. The Morgan fingerprint density at radius 1 is 0.913 bits per heavy atom. The molecule has 0 saturated carbocycles. The third-order valence-corrected chi connectivity index (χ3v) is 4.47. The van der Waals surface area contributed by atoms with Crippen LogP contribution in [0.15, 0.2) is 52.9 Å². The van der Waals surface area contributed by atoms with Gasteiger partial charge < -0.3 is 9.73 Å². The fourth-order valence-corrected chi connectivity index (χ4v) is 2.76. The monoisotopic (exact) mass is 365 g/mol. The average Bonchev–Trinajstić information content (AvgIpc) is 2.99. The van der Waals surface area contributed by atoms with E-state index in [1.54, 1.807) is 18.2 Å². The van der Waals surface area contributed by atoms with E-state index in [0.29, 0.717) is 22.4 Å². The van der Waals surface area contributed by atoms with Crippen LogP contribution in [0, 0.1) is 6.92 Å². The van der Waals surface area contributed by atoms with Crippen molar-refractivity contribution >= 4 is 40.5 Å². The SMILES string of the molecule is Cc1ccc(NCc2ccc(-c3cc(Cl)ccc3Cl)o2)cc1Cl. The van der Waals surface area contributed by atoms with Crippen molar-refractivity contribution in [3.8, 4) is 11.3 Å². The van der Waals surface area contributed by atoms with Crippen molar-refractivity contribution in [1.82, 2.24) is 0 Å². The van der Waals surface area contributed by atoms with Gasteiger partial charge in [0.1, 0.15) is 11.5 Å². The van der Waals surface area contributed by atoms with Crippen LogP contribution in [0.4, 0.5) is 5.69 Å². The number of hydrogen-bond acceptors (Lipinski definition) is 2. The minimum absolute atomic E-state index is 0.553. The van der Waals surface area contributed by atoms with Crippen molar-refractivity contribution in [2.24, 2.45) is 0 Å². The lowest BCUT2D eigenvalue weighted by molar-refractivity contribution is 0.531. The average molecular weight is 367 g/mol. The molecule has 0 fully saturated rings. The van der Waals surface area contributed by atoms with Crippen molar-refractivity contribution in [2.45, 2.75) is 13.5 Å². The van der Waals surface area contributed by atoms with Crippen LogP contribution in [0.2, 0.25) is 15.1 Å². The van der Waals surface area contributed by atoms with Gasteiger partial charge in [-0.05, 0) is 55.0 Å². The molecule has 0 aliphatic rings. The van der Waals surface area contributed by atoms with Crippen molar-refractivity contribution in [3.05, 3.63) is 74.9 Å². The normalized spacial score (nSPS) is 10.8. The zero-order valence-corrected chi connectivity index (χ0v) is 14.6. The Hall–Kier alpha value is -1.61. The molecule has 118 valence electrons. The predicted octanol–water partition coefficient (Wildman–Crippen LogP) is 6.83. The van der Waals surface area contributed by atoms with Gasteiger partial charge in [0, 0.05) is 21.3 Å². The number of rotatable bonds is 4. The number of hydrogen-bond donors (Lipinski definition) is 1. The first-order valence-corrected chi connectivity index (χ1v) is 8.20. The maximum Gasteiger partial charge on any atom is 0.135 e. The molecular weight excluding hydrogens is 353 g/mol. The standard InChI is InChI=1S/C18H14Cl3NO/c1-11-2-4-13(9-17(11)21)22-10-14-5-7-18(23-14)15-8-12(19)3-6-16(15)20/h2-9,22H,10H2,1H3. The third-order valence-electron chi connectivity index (χ3n) is 3.49. The van der Waals surface area contributed by atoms with Crippen LogP contribution < -0.4 is 5.32 Å². The molecule has 1 aromatic heterocycles. The summed E-state index contributed by atoms with van der Waals surface area (Å²) in [4.78, 5) is 0. The molecule has 0 radical (unpaired) electrons. The topological polar surface area (TPSA) is 25.2 Å². The minimum atomic E-state index is 0.553. The molecule has 23 heavy (non-hydrogen) atoms. The minimum Gasteiger partial charge on any atom is -0.459 e. The Bertz CT molecular complexity index is 842. The lowest BCUT2D eigenvalue weighted by atomic mass is 10.2. The molecule has 0 amide bonds. The highest BCUT2D eigenvalue weighted by atomic mass is 35.5. The van der Waals surface area contributed by atoms with Crippen LogP contribution in [0.3, 0.4) is 0 Å². The van der Waals surface area contributed by atoms with Crippen LogP contribution >= 0.6 is 34.8 Å². The van der Waals surface area contributed by atoms with Crippen molar-refractivity contribution in [3.63, 3.8) is 0 Å². The van der Waals surface area contributed by atoms with Gasteiger partial charge in [-0.1, -0.05) is 40.9 Å². The zero-order chi connectivity index (χ0) is 16.4. The summed E-state index contributed by atoms with van der Waals surface area (Å²) in [7, 11) is 0. The Balaban J connectivity index is 1.74. The Morgan fingerprint density at radius 2 is 1.74 bits per heavy atom. The number of nitrogens with one attached hydrogen (secondary N) is 1. The second kappa shape index (κ2) is 6.88. The molecule has 0 atom stereocenters.